The van der Waals surface area contributed by atoms with E-state index in [2.05, 4.69) is 0 Å². The summed E-state index contributed by atoms with van der Waals surface area (Å²) in [4.78, 5) is 22.3. The van der Waals surface area contributed by atoms with E-state index in [1.165, 1.54) is 16.9 Å². The number of nitro groups is 1. The smallest absolute Gasteiger partial charge is 0.336 e. The molecule has 1 heterocycles. The van der Waals surface area contributed by atoms with Gasteiger partial charge in [-0.3, -0.25) is 10.1 Å². The van der Waals surface area contributed by atoms with Gasteiger partial charge in [0.25, 0.3) is 5.69 Å². The maximum absolute atomic E-state index is 11.6. The molecule has 1 aromatic heterocycles. The third-order valence-electron chi connectivity index (χ3n) is 3.33. The first-order chi connectivity index (χ1) is 9.71. The summed E-state index contributed by atoms with van der Waals surface area (Å²) in [5.41, 5.74) is 0.350. The molecule has 1 unspecified atom stereocenters. The highest BCUT2D eigenvalue weighted by atomic mass is 16.6. The molecule has 1 aromatic carbocycles. The number of rotatable bonds is 3. The normalized spacial score (nSPS) is 13.1. The molecule has 112 valence electrons. The Balaban J connectivity index is 2.59. The van der Waals surface area contributed by atoms with Gasteiger partial charge in [-0.05, 0) is 20.8 Å². The van der Waals surface area contributed by atoms with Gasteiger partial charge in [0, 0.05) is 23.6 Å². The van der Waals surface area contributed by atoms with Crippen molar-refractivity contribution in [2.45, 2.75) is 39.2 Å². The van der Waals surface area contributed by atoms with Crippen molar-refractivity contribution in [1.82, 2.24) is 4.74 Å². The summed E-state index contributed by atoms with van der Waals surface area (Å²) in [7, 11) is 0. The minimum Gasteiger partial charge on any atom is -0.336 e. The van der Waals surface area contributed by atoms with Crippen LogP contribution in [0.25, 0.3) is 0 Å². The average Bonchev–Trinajstić information content (AvgIpc) is 2.80. The summed E-state index contributed by atoms with van der Waals surface area (Å²) in [6, 6.07) is 7.93. The highest BCUT2D eigenvalue weighted by molar-refractivity contribution is 5.45. The van der Waals surface area contributed by atoms with Crippen LogP contribution in [0.5, 0.6) is 0 Å². The third kappa shape index (κ3) is 2.89. The van der Waals surface area contributed by atoms with E-state index in [0.717, 1.165) is 0 Å². The van der Waals surface area contributed by atoms with Crippen molar-refractivity contribution in [2.24, 2.45) is 0 Å². The summed E-state index contributed by atoms with van der Waals surface area (Å²) >= 11 is 0. The Kier molecular flexibility index (Phi) is 3.72. The van der Waals surface area contributed by atoms with Crippen LogP contribution in [0.2, 0.25) is 0 Å². The van der Waals surface area contributed by atoms with Crippen molar-refractivity contribution in [3.8, 4) is 0 Å². The van der Waals surface area contributed by atoms with Crippen LogP contribution in [-0.2, 0) is 5.54 Å². The van der Waals surface area contributed by atoms with E-state index < -0.39 is 16.1 Å². The summed E-state index contributed by atoms with van der Waals surface area (Å²) in [5, 5.41) is 11.2. The molecule has 0 spiro atoms. The second-order valence-corrected chi connectivity index (χ2v) is 5.98. The van der Waals surface area contributed by atoms with E-state index in [0.29, 0.717) is 11.3 Å². The number of para-hydroxylation sites is 1. The van der Waals surface area contributed by atoms with E-state index in [-0.39, 0.29) is 11.6 Å². The van der Waals surface area contributed by atoms with Crippen LogP contribution in [0, 0.1) is 10.1 Å². The molecular formula is C15H18N2O4. The number of nitro benzene ring substituents is 1. The number of aromatic nitrogens is 1. The molecule has 1 atom stereocenters. The fraction of sp³-hybridized carbons (Fsp3) is 0.400. The lowest BCUT2D eigenvalue weighted by Crippen LogP contribution is -2.24. The first-order valence-corrected chi connectivity index (χ1v) is 6.69. The van der Waals surface area contributed by atoms with Crippen molar-refractivity contribution in [1.29, 1.82) is 0 Å². The van der Waals surface area contributed by atoms with Crippen LogP contribution in [0.4, 0.5) is 5.69 Å². The first kappa shape index (κ1) is 15.0. The molecule has 2 aromatic rings. The standard InChI is InChI=1S/C15H18N2O4/c1-10(11-7-5-6-8-12(11)17(19)20)13-9-14(18)21-16(13)15(2,3)4/h5-10H,1-4H3. The number of benzene rings is 1. The zero-order valence-electron chi connectivity index (χ0n) is 12.5. The Labute approximate surface area is 122 Å². The molecule has 0 bridgehead atoms. The van der Waals surface area contributed by atoms with Gasteiger partial charge < -0.3 is 4.52 Å². The molecule has 0 aliphatic rings. The lowest BCUT2D eigenvalue weighted by Gasteiger charge is -2.23. The molecule has 0 amide bonds. The van der Waals surface area contributed by atoms with Gasteiger partial charge in [-0.15, -0.1) is 0 Å². The molecule has 0 aliphatic heterocycles. The quantitative estimate of drug-likeness (QED) is 0.642. The number of hydrogen-bond acceptors (Lipinski definition) is 4. The molecule has 6 nitrogen and oxygen atoms in total. The zero-order chi connectivity index (χ0) is 15.8. The summed E-state index contributed by atoms with van der Waals surface area (Å²) in [6.45, 7) is 7.55. The molecular weight excluding hydrogens is 272 g/mol. The number of nitrogens with zero attached hydrogens (tertiary/aromatic N) is 2. The van der Waals surface area contributed by atoms with Crippen LogP contribution in [-0.4, -0.2) is 9.66 Å². The van der Waals surface area contributed by atoms with Crippen LogP contribution in [0.1, 0.15) is 44.9 Å². The van der Waals surface area contributed by atoms with Gasteiger partial charge in [0.15, 0.2) is 0 Å². The highest BCUT2D eigenvalue weighted by Gasteiger charge is 2.27. The topological polar surface area (TPSA) is 78.3 Å². The molecule has 0 saturated carbocycles. The largest absolute Gasteiger partial charge is 0.357 e. The minimum absolute atomic E-state index is 0.0408. The van der Waals surface area contributed by atoms with Gasteiger partial charge >= 0.3 is 5.63 Å². The molecule has 2 rings (SSSR count). The van der Waals surface area contributed by atoms with E-state index in [4.69, 9.17) is 4.52 Å². The summed E-state index contributed by atoms with van der Waals surface area (Å²) < 4.78 is 6.74. The van der Waals surface area contributed by atoms with Crippen LogP contribution >= 0.6 is 0 Å². The molecule has 0 aliphatic carbocycles. The van der Waals surface area contributed by atoms with Gasteiger partial charge in [0.1, 0.15) is 0 Å². The summed E-state index contributed by atoms with van der Waals surface area (Å²) in [5.74, 6) is -0.322. The van der Waals surface area contributed by atoms with Crippen molar-refractivity contribution in [3.63, 3.8) is 0 Å². The van der Waals surface area contributed by atoms with E-state index in [9.17, 15) is 14.9 Å². The fourth-order valence-corrected chi connectivity index (χ4v) is 2.35. The van der Waals surface area contributed by atoms with E-state index in [1.807, 2.05) is 27.7 Å². The van der Waals surface area contributed by atoms with Crippen LogP contribution in [0.3, 0.4) is 0 Å². The molecule has 0 N–H and O–H groups in total. The molecule has 21 heavy (non-hydrogen) atoms. The minimum atomic E-state index is -0.453. The van der Waals surface area contributed by atoms with E-state index >= 15 is 0 Å². The van der Waals surface area contributed by atoms with Crippen molar-refractivity contribution >= 4 is 5.69 Å². The average molecular weight is 290 g/mol. The van der Waals surface area contributed by atoms with Gasteiger partial charge in [0.2, 0.25) is 0 Å². The maximum atomic E-state index is 11.6. The monoisotopic (exact) mass is 290 g/mol. The lowest BCUT2D eigenvalue weighted by atomic mass is 9.95. The van der Waals surface area contributed by atoms with Crippen molar-refractivity contribution in [3.05, 3.63) is 62.1 Å². The SMILES string of the molecule is CC(c1ccccc1[N+](=O)[O-])c1cc(=O)on1C(C)(C)C. The van der Waals surface area contributed by atoms with Gasteiger partial charge in [0.05, 0.1) is 16.2 Å². The highest BCUT2D eigenvalue weighted by Crippen LogP contribution is 2.32. The van der Waals surface area contributed by atoms with Crippen LogP contribution < -0.4 is 5.63 Å². The second-order valence-electron chi connectivity index (χ2n) is 5.98. The zero-order valence-corrected chi connectivity index (χ0v) is 12.5. The lowest BCUT2D eigenvalue weighted by molar-refractivity contribution is -0.385. The Morgan fingerprint density at radius 3 is 2.48 bits per heavy atom. The number of hydrogen-bond donors (Lipinski definition) is 0. The predicted molar refractivity (Wildman–Crippen MR) is 78.6 cm³/mol. The van der Waals surface area contributed by atoms with Gasteiger partial charge in [-0.25, -0.2) is 9.53 Å². The van der Waals surface area contributed by atoms with Gasteiger partial charge in [-0.2, -0.15) is 0 Å². The molecule has 0 saturated heterocycles. The van der Waals surface area contributed by atoms with Crippen molar-refractivity contribution < 1.29 is 9.45 Å². The second kappa shape index (κ2) is 5.20. The van der Waals surface area contributed by atoms with Crippen molar-refractivity contribution in [2.75, 3.05) is 0 Å². The van der Waals surface area contributed by atoms with Gasteiger partial charge in [-0.1, -0.05) is 25.1 Å². The Morgan fingerprint density at radius 1 is 1.29 bits per heavy atom. The predicted octanol–water partition coefficient (Wildman–Crippen LogP) is 3.26. The fourth-order valence-electron chi connectivity index (χ4n) is 2.35. The Morgan fingerprint density at radius 2 is 1.90 bits per heavy atom. The van der Waals surface area contributed by atoms with Crippen LogP contribution in [0.15, 0.2) is 39.6 Å². The Bertz CT molecular complexity index is 722. The Hall–Kier alpha value is -2.37. The third-order valence-corrected chi connectivity index (χ3v) is 3.33. The first-order valence-electron chi connectivity index (χ1n) is 6.69. The molecule has 0 radical (unpaired) electrons. The molecule has 6 heteroatoms. The summed E-state index contributed by atoms with van der Waals surface area (Å²) in [6.07, 6.45) is 0. The van der Waals surface area contributed by atoms with E-state index in [1.54, 1.807) is 18.2 Å². The maximum Gasteiger partial charge on any atom is 0.357 e. The molecule has 0 fully saturated rings.